The zero-order valence-corrected chi connectivity index (χ0v) is 13.4. The van der Waals surface area contributed by atoms with Crippen LogP contribution in [0.4, 0.5) is 11.4 Å². The highest BCUT2D eigenvalue weighted by Gasteiger charge is 2.15. The number of ether oxygens (including phenoxy) is 1. The summed E-state index contributed by atoms with van der Waals surface area (Å²) in [6.45, 7) is -0.173. The molecule has 1 N–H and O–H groups in total. The average molecular weight is 350 g/mol. The number of sulfonamides is 1. The summed E-state index contributed by atoms with van der Waals surface area (Å²) in [5.74, 6) is -0.742. The van der Waals surface area contributed by atoms with E-state index in [0.717, 1.165) is 6.26 Å². The molecule has 24 heavy (non-hydrogen) atoms. The Balaban J connectivity index is 2.13. The SMILES string of the molecule is CS(=O)(=O)Nc1ccccc1C(=O)OCc1cccc([N+](=O)[O-])c1. The van der Waals surface area contributed by atoms with E-state index >= 15 is 0 Å². The van der Waals surface area contributed by atoms with Crippen LogP contribution in [-0.4, -0.2) is 25.6 Å². The number of non-ortho nitro benzene ring substituents is 1. The fourth-order valence-corrected chi connectivity index (χ4v) is 2.51. The first-order valence-electron chi connectivity index (χ1n) is 6.73. The molecular formula is C15H14N2O6S. The molecule has 2 rings (SSSR count). The van der Waals surface area contributed by atoms with Crippen molar-refractivity contribution in [3.05, 3.63) is 69.8 Å². The van der Waals surface area contributed by atoms with Crippen molar-refractivity contribution in [1.29, 1.82) is 0 Å². The quantitative estimate of drug-likeness (QED) is 0.485. The van der Waals surface area contributed by atoms with Gasteiger partial charge in [0.05, 0.1) is 22.4 Å². The number of hydrogen-bond donors (Lipinski definition) is 1. The number of carbonyl (C=O) groups excluding carboxylic acids is 1. The number of nitrogens with zero attached hydrogens (tertiary/aromatic N) is 1. The highest BCUT2D eigenvalue weighted by Crippen LogP contribution is 2.19. The van der Waals surface area contributed by atoms with Gasteiger partial charge in [-0.25, -0.2) is 13.2 Å². The van der Waals surface area contributed by atoms with Gasteiger partial charge >= 0.3 is 5.97 Å². The van der Waals surface area contributed by atoms with Crippen LogP contribution < -0.4 is 4.72 Å². The van der Waals surface area contributed by atoms with Crippen molar-refractivity contribution in [2.24, 2.45) is 0 Å². The number of nitro benzene ring substituents is 1. The number of para-hydroxylation sites is 1. The lowest BCUT2D eigenvalue weighted by molar-refractivity contribution is -0.384. The zero-order chi connectivity index (χ0) is 17.7. The van der Waals surface area contributed by atoms with Crippen LogP contribution in [0, 0.1) is 10.1 Å². The van der Waals surface area contributed by atoms with Crippen molar-refractivity contribution >= 4 is 27.4 Å². The summed E-state index contributed by atoms with van der Waals surface area (Å²) in [5, 5.41) is 10.7. The van der Waals surface area contributed by atoms with E-state index in [2.05, 4.69) is 4.72 Å². The number of rotatable bonds is 6. The van der Waals surface area contributed by atoms with Crippen LogP contribution in [-0.2, 0) is 21.4 Å². The predicted octanol–water partition coefficient (Wildman–Crippen LogP) is 2.32. The van der Waals surface area contributed by atoms with Gasteiger partial charge in [0.25, 0.3) is 5.69 Å². The molecule has 9 heteroatoms. The van der Waals surface area contributed by atoms with Gasteiger partial charge < -0.3 is 4.74 Å². The smallest absolute Gasteiger partial charge is 0.340 e. The molecule has 0 heterocycles. The summed E-state index contributed by atoms with van der Waals surface area (Å²) < 4.78 is 30.0. The minimum absolute atomic E-state index is 0.0494. The maximum atomic E-state index is 12.2. The Morgan fingerprint density at radius 1 is 1.21 bits per heavy atom. The van der Waals surface area contributed by atoms with E-state index in [1.807, 2.05) is 0 Å². The molecule has 0 aliphatic rings. The summed E-state index contributed by atoms with van der Waals surface area (Å²) in [6.07, 6.45) is 0.970. The Morgan fingerprint density at radius 2 is 1.92 bits per heavy atom. The molecule has 0 atom stereocenters. The minimum atomic E-state index is -3.55. The number of carbonyl (C=O) groups is 1. The number of nitrogens with one attached hydrogen (secondary N) is 1. The van der Waals surface area contributed by atoms with Crippen LogP contribution >= 0.6 is 0 Å². The average Bonchev–Trinajstić information content (AvgIpc) is 2.52. The third-order valence-electron chi connectivity index (χ3n) is 2.93. The van der Waals surface area contributed by atoms with Crippen molar-refractivity contribution in [1.82, 2.24) is 0 Å². The van der Waals surface area contributed by atoms with Gasteiger partial charge in [-0.15, -0.1) is 0 Å². The number of anilines is 1. The molecule has 0 aliphatic carbocycles. The van der Waals surface area contributed by atoms with Gasteiger partial charge in [-0.1, -0.05) is 24.3 Å². The Labute approximate surface area is 138 Å². The zero-order valence-electron chi connectivity index (χ0n) is 12.6. The molecule has 8 nitrogen and oxygen atoms in total. The largest absolute Gasteiger partial charge is 0.457 e. The molecule has 0 aliphatic heterocycles. The first kappa shape index (κ1) is 17.4. The predicted molar refractivity (Wildman–Crippen MR) is 87.1 cm³/mol. The number of benzene rings is 2. The highest BCUT2D eigenvalue weighted by atomic mass is 32.2. The first-order chi connectivity index (χ1) is 11.3. The molecule has 0 unspecified atom stereocenters. The van der Waals surface area contributed by atoms with E-state index in [1.165, 1.54) is 30.3 Å². The van der Waals surface area contributed by atoms with Crippen LogP contribution in [0.3, 0.4) is 0 Å². The monoisotopic (exact) mass is 350 g/mol. The summed E-state index contributed by atoms with van der Waals surface area (Å²) in [7, 11) is -3.55. The summed E-state index contributed by atoms with van der Waals surface area (Å²) in [5.41, 5.74) is 0.492. The van der Waals surface area contributed by atoms with Crippen molar-refractivity contribution in [2.75, 3.05) is 11.0 Å². The topological polar surface area (TPSA) is 116 Å². The molecule has 0 spiro atoms. The van der Waals surface area contributed by atoms with Crippen LogP contribution in [0.15, 0.2) is 48.5 Å². The van der Waals surface area contributed by atoms with Crippen LogP contribution in [0.1, 0.15) is 15.9 Å². The van der Waals surface area contributed by atoms with Crippen LogP contribution in [0.5, 0.6) is 0 Å². The minimum Gasteiger partial charge on any atom is -0.457 e. The van der Waals surface area contributed by atoms with E-state index in [-0.39, 0.29) is 23.5 Å². The lowest BCUT2D eigenvalue weighted by Gasteiger charge is -2.10. The van der Waals surface area contributed by atoms with E-state index < -0.39 is 20.9 Å². The Hall–Kier alpha value is -2.94. The fourth-order valence-electron chi connectivity index (χ4n) is 1.94. The van der Waals surface area contributed by atoms with Crippen LogP contribution in [0.25, 0.3) is 0 Å². The standard InChI is InChI=1S/C15H14N2O6S/c1-24(21,22)16-14-8-3-2-7-13(14)15(18)23-10-11-5-4-6-12(9-11)17(19)20/h2-9,16H,10H2,1H3. The van der Waals surface area contributed by atoms with Gasteiger partial charge in [-0.3, -0.25) is 14.8 Å². The second kappa shape index (κ2) is 7.09. The van der Waals surface area contributed by atoms with Crippen molar-refractivity contribution < 1.29 is 22.9 Å². The van der Waals surface area contributed by atoms with Gasteiger partial charge in [0.15, 0.2) is 0 Å². The number of hydrogen-bond acceptors (Lipinski definition) is 6. The van der Waals surface area contributed by atoms with Crippen molar-refractivity contribution in [3.63, 3.8) is 0 Å². The van der Waals surface area contributed by atoms with Gasteiger partial charge in [0.2, 0.25) is 10.0 Å². The van der Waals surface area contributed by atoms with Crippen molar-refractivity contribution in [2.45, 2.75) is 6.61 Å². The lowest BCUT2D eigenvalue weighted by atomic mass is 10.2. The maximum absolute atomic E-state index is 12.2. The summed E-state index contributed by atoms with van der Waals surface area (Å²) in [6, 6.07) is 11.7. The number of nitro groups is 1. The lowest BCUT2D eigenvalue weighted by Crippen LogP contribution is -2.14. The molecular weight excluding hydrogens is 336 g/mol. The molecule has 0 saturated carbocycles. The first-order valence-corrected chi connectivity index (χ1v) is 8.63. The van der Waals surface area contributed by atoms with E-state index in [9.17, 15) is 23.3 Å². The van der Waals surface area contributed by atoms with Gasteiger partial charge in [0.1, 0.15) is 6.61 Å². The van der Waals surface area contributed by atoms with Gasteiger partial charge in [-0.2, -0.15) is 0 Å². The molecule has 0 amide bonds. The Morgan fingerprint density at radius 3 is 2.58 bits per heavy atom. The van der Waals surface area contributed by atoms with Gasteiger partial charge in [-0.05, 0) is 17.7 Å². The molecule has 0 bridgehead atoms. The molecule has 2 aromatic rings. The molecule has 0 saturated heterocycles. The Kier molecular flexibility index (Phi) is 5.14. The highest BCUT2D eigenvalue weighted by molar-refractivity contribution is 7.92. The molecule has 126 valence electrons. The summed E-state index contributed by atoms with van der Waals surface area (Å²) >= 11 is 0. The molecule has 0 aromatic heterocycles. The normalized spacial score (nSPS) is 10.9. The number of esters is 1. The molecule has 0 fully saturated rings. The Bertz CT molecular complexity index is 879. The summed E-state index contributed by atoms with van der Waals surface area (Å²) in [4.78, 5) is 22.3. The van der Waals surface area contributed by atoms with Gasteiger partial charge in [0, 0.05) is 12.1 Å². The van der Waals surface area contributed by atoms with Crippen LogP contribution in [0.2, 0.25) is 0 Å². The van der Waals surface area contributed by atoms with E-state index in [1.54, 1.807) is 18.2 Å². The maximum Gasteiger partial charge on any atom is 0.340 e. The second-order valence-electron chi connectivity index (χ2n) is 4.92. The van der Waals surface area contributed by atoms with E-state index in [4.69, 9.17) is 4.74 Å². The second-order valence-corrected chi connectivity index (χ2v) is 6.67. The van der Waals surface area contributed by atoms with Crippen molar-refractivity contribution in [3.8, 4) is 0 Å². The third-order valence-corrected chi connectivity index (χ3v) is 3.52. The molecule has 0 radical (unpaired) electrons. The third kappa shape index (κ3) is 4.78. The fraction of sp³-hybridized carbons (Fsp3) is 0.133. The van der Waals surface area contributed by atoms with E-state index in [0.29, 0.717) is 5.56 Å². The molecule has 2 aromatic carbocycles.